The van der Waals surface area contributed by atoms with E-state index >= 15 is 4.39 Å². The summed E-state index contributed by atoms with van der Waals surface area (Å²) in [5, 5.41) is 17.7. The first kappa shape index (κ1) is 27.7. The summed E-state index contributed by atoms with van der Waals surface area (Å²) in [4.78, 5) is 51.8. The highest BCUT2D eigenvalue weighted by Crippen LogP contribution is 2.66. The van der Waals surface area contributed by atoms with Crippen molar-refractivity contribution in [2.75, 3.05) is 12.3 Å². The summed E-state index contributed by atoms with van der Waals surface area (Å²) in [5.41, 5.74) is 2.03. The monoisotopic (exact) mass is 566 g/mol. The van der Waals surface area contributed by atoms with Crippen LogP contribution < -0.4 is 11.4 Å². The van der Waals surface area contributed by atoms with Crippen molar-refractivity contribution in [1.29, 1.82) is 0 Å². The number of aromatic nitrogens is 5. The first-order valence-electron chi connectivity index (χ1n) is 9.00. The van der Waals surface area contributed by atoms with Crippen molar-refractivity contribution < 1.29 is 60.6 Å². The van der Waals surface area contributed by atoms with E-state index in [0.717, 1.165) is 16.9 Å². The lowest BCUT2D eigenvalue weighted by Gasteiger charge is -2.31. The number of aliphatic hydroxyl groups is 1. The van der Waals surface area contributed by atoms with Crippen LogP contribution in [-0.2, 0) is 38.1 Å². The molecule has 23 heteroatoms. The van der Waals surface area contributed by atoms with Gasteiger partial charge in [0.25, 0.3) is 0 Å². The number of phosphoric ester groups is 1. The van der Waals surface area contributed by atoms with Crippen LogP contribution in [0.5, 0.6) is 0 Å². The van der Waals surface area contributed by atoms with E-state index in [9.17, 15) is 33.4 Å². The Kier molecular flexibility index (Phi) is 7.79. The molecule has 19 nitrogen and oxygen atoms in total. The van der Waals surface area contributed by atoms with Gasteiger partial charge in [-0.25, -0.2) is 27.6 Å². The van der Waals surface area contributed by atoms with Crippen molar-refractivity contribution in [2.24, 2.45) is 0 Å². The average molecular weight is 566 g/mol. The average Bonchev–Trinajstić information content (AvgIpc) is 3.27. The number of alkyl halides is 1. The fourth-order valence-electron chi connectivity index (χ4n) is 3.03. The second kappa shape index (κ2) is 9.85. The molecule has 2 unspecified atom stereocenters. The maximum Gasteiger partial charge on any atom is 0.490 e. The van der Waals surface area contributed by atoms with E-state index < -0.39 is 66.4 Å². The van der Waals surface area contributed by atoms with Gasteiger partial charge in [-0.2, -0.15) is 13.6 Å². The number of halogens is 1. The molecule has 2 aromatic heterocycles. The zero-order chi connectivity index (χ0) is 26.2. The van der Waals surface area contributed by atoms with Crippen LogP contribution in [-0.4, -0.2) is 73.7 Å². The molecular weight excluding hydrogens is 548 g/mol. The molecule has 0 bridgehead atoms. The number of nitrogens with two attached hydrogens (primary N) is 1. The first-order valence-corrected chi connectivity index (χ1v) is 13.5. The summed E-state index contributed by atoms with van der Waals surface area (Å²) in [7, 11) is -17.2. The van der Waals surface area contributed by atoms with Gasteiger partial charge in [-0.3, -0.25) is 9.09 Å². The van der Waals surface area contributed by atoms with Crippen molar-refractivity contribution in [3.05, 3.63) is 35.1 Å². The number of hydrogen-bond acceptors (Lipinski definition) is 13. The zero-order valence-corrected chi connectivity index (χ0v) is 19.7. The number of ether oxygens (including phenoxy) is 1. The number of aliphatic hydroxyl groups excluding tert-OH is 1. The maximum absolute atomic E-state index is 15.1. The summed E-state index contributed by atoms with van der Waals surface area (Å²) in [6, 6.07) is 1.13. The highest BCUT2D eigenvalue weighted by molar-refractivity contribution is 7.66. The molecule has 7 N–H and O–H groups in total. The minimum atomic E-state index is -5.85. The van der Waals surface area contributed by atoms with Crippen molar-refractivity contribution in [3.8, 4) is 0 Å². The molecule has 1 aliphatic heterocycles. The van der Waals surface area contributed by atoms with Gasteiger partial charge >= 0.3 is 29.2 Å². The van der Waals surface area contributed by atoms with Crippen LogP contribution in [0.3, 0.4) is 0 Å². The first-order chi connectivity index (χ1) is 16.0. The van der Waals surface area contributed by atoms with E-state index in [1.54, 1.807) is 0 Å². The van der Waals surface area contributed by atoms with Crippen LogP contribution in [0, 0.1) is 0 Å². The van der Waals surface area contributed by atoms with E-state index in [1.807, 2.05) is 0 Å². The molecule has 3 rings (SSSR count). The molecule has 0 amide bonds. The third-order valence-corrected chi connectivity index (χ3v) is 8.17. The molecule has 196 valence electrons. The lowest BCUT2D eigenvalue weighted by atomic mass is 9.96. The highest BCUT2D eigenvalue weighted by Gasteiger charge is 2.58. The molecule has 35 heavy (non-hydrogen) atoms. The Morgan fingerprint density at radius 2 is 1.86 bits per heavy atom. The van der Waals surface area contributed by atoms with Crippen LogP contribution in [0.15, 0.2) is 29.5 Å². The molecule has 1 fully saturated rings. The van der Waals surface area contributed by atoms with E-state index in [0.29, 0.717) is 4.57 Å². The summed E-state index contributed by atoms with van der Waals surface area (Å²) < 4.78 is 68.5. The zero-order valence-electron chi connectivity index (χ0n) is 17.0. The van der Waals surface area contributed by atoms with Crippen molar-refractivity contribution in [2.45, 2.75) is 30.6 Å². The molecule has 0 spiro atoms. The Hall–Kier alpha value is -1.92. The fourth-order valence-corrected chi connectivity index (χ4v) is 6.11. The number of nitrogens with zero attached hydrogens (tertiary/aromatic N) is 5. The van der Waals surface area contributed by atoms with Crippen LogP contribution in [0.2, 0.25) is 0 Å². The number of anilines is 1. The second-order valence-electron chi connectivity index (χ2n) is 6.97. The van der Waals surface area contributed by atoms with E-state index in [-0.39, 0.29) is 5.82 Å². The van der Waals surface area contributed by atoms with Crippen LogP contribution in [0.4, 0.5) is 10.2 Å². The molecule has 1 saturated heterocycles. The number of rotatable bonds is 10. The summed E-state index contributed by atoms with van der Waals surface area (Å²) in [6.07, 6.45) is -2.93. The SMILES string of the molecule is Nc1ccn([C@@H]2O[C@@](COP(=O)(O)OP(=O)(O)OP(=O)(O)O)(Cn3ccnn3)[C@@H](O)[C@H]2F)c(=O)n1. The molecular formula is C12H18FN6O13P3. The van der Waals surface area contributed by atoms with Gasteiger partial charge in [0, 0.05) is 12.4 Å². The van der Waals surface area contributed by atoms with Crippen molar-refractivity contribution in [1.82, 2.24) is 24.5 Å². The Bertz CT molecular complexity index is 1260. The second-order valence-corrected chi connectivity index (χ2v) is 11.4. The van der Waals surface area contributed by atoms with Crippen LogP contribution in [0.1, 0.15) is 6.23 Å². The lowest BCUT2D eigenvalue weighted by molar-refractivity contribution is -0.136. The fraction of sp³-hybridized carbons (Fsp3) is 0.500. The highest BCUT2D eigenvalue weighted by atomic mass is 31.3. The van der Waals surface area contributed by atoms with Gasteiger partial charge in [-0.1, -0.05) is 5.21 Å². The Morgan fingerprint density at radius 1 is 1.17 bits per heavy atom. The van der Waals surface area contributed by atoms with E-state index in [1.165, 1.54) is 12.4 Å². The third kappa shape index (κ3) is 6.85. The Balaban J connectivity index is 1.89. The predicted octanol–water partition coefficient (Wildman–Crippen LogP) is -1.57. The normalized spacial score (nSPS) is 28.5. The van der Waals surface area contributed by atoms with Gasteiger partial charge < -0.3 is 35.2 Å². The molecule has 0 aromatic carbocycles. The topological polar surface area (TPSA) is 281 Å². The van der Waals surface area contributed by atoms with Gasteiger partial charge in [-0.15, -0.1) is 5.10 Å². The largest absolute Gasteiger partial charge is 0.490 e. The van der Waals surface area contributed by atoms with Gasteiger partial charge in [-0.05, 0) is 6.07 Å². The molecule has 1 aliphatic rings. The van der Waals surface area contributed by atoms with Crippen LogP contribution in [0.25, 0.3) is 0 Å². The van der Waals surface area contributed by atoms with E-state index in [4.69, 9.17) is 20.3 Å². The number of phosphoric acid groups is 3. The van der Waals surface area contributed by atoms with Gasteiger partial charge in [0.1, 0.15) is 17.5 Å². The number of hydrogen-bond donors (Lipinski definition) is 6. The lowest BCUT2D eigenvalue weighted by Crippen LogP contribution is -2.49. The number of nitrogen functional groups attached to an aromatic ring is 1. The third-order valence-electron chi connectivity index (χ3n) is 4.38. The molecule has 0 aliphatic carbocycles. The Labute approximate surface area is 193 Å². The maximum atomic E-state index is 15.1. The smallest absolute Gasteiger partial charge is 0.387 e. The molecule has 6 atom stereocenters. The molecule has 0 radical (unpaired) electrons. The summed E-state index contributed by atoms with van der Waals surface area (Å²) in [6.45, 7) is -1.84. The summed E-state index contributed by atoms with van der Waals surface area (Å²) >= 11 is 0. The minimum Gasteiger partial charge on any atom is -0.387 e. The van der Waals surface area contributed by atoms with Gasteiger partial charge in [0.2, 0.25) is 0 Å². The minimum absolute atomic E-state index is 0.193. The van der Waals surface area contributed by atoms with Crippen molar-refractivity contribution >= 4 is 29.3 Å². The van der Waals surface area contributed by atoms with Gasteiger partial charge in [0.05, 0.1) is 19.3 Å². The predicted molar refractivity (Wildman–Crippen MR) is 107 cm³/mol. The van der Waals surface area contributed by atoms with Gasteiger partial charge in [0.15, 0.2) is 12.4 Å². The van der Waals surface area contributed by atoms with Crippen molar-refractivity contribution in [3.63, 3.8) is 0 Å². The molecule has 2 aromatic rings. The standard InChI is InChI=1S/C12H18FN6O13P3/c13-8-9(20)12(5-18-4-2-15-17-18,30-10(8)19-3-1-7(14)16-11(19)21)6-29-34(25,26)32-35(27,28)31-33(22,23)24/h1-4,8-10,20H,5-6H2,(H,25,26)(H,27,28)(H2,14,16,21)(H2,22,23,24)/t8-,9+,10-,12-/m1/s1. The Morgan fingerprint density at radius 3 is 2.43 bits per heavy atom. The summed E-state index contributed by atoms with van der Waals surface area (Å²) in [5.74, 6) is -0.193. The van der Waals surface area contributed by atoms with E-state index in [2.05, 4.69) is 28.4 Å². The molecule has 3 heterocycles. The quantitative estimate of drug-likeness (QED) is 0.177. The molecule has 0 saturated carbocycles. The van der Waals surface area contributed by atoms with Crippen LogP contribution >= 0.6 is 23.5 Å².